The van der Waals surface area contributed by atoms with E-state index in [9.17, 15) is 14.9 Å². The number of nitrogens with one attached hydrogen (secondary N) is 1. The number of non-ortho nitro benzene ring substituents is 1. The second-order valence-electron chi connectivity index (χ2n) is 5.64. The van der Waals surface area contributed by atoms with Gasteiger partial charge in [-0.2, -0.15) is 0 Å². The van der Waals surface area contributed by atoms with Crippen molar-refractivity contribution in [2.75, 3.05) is 13.2 Å². The zero-order valence-corrected chi connectivity index (χ0v) is 13.9. The van der Waals surface area contributed by atoms with Crippen molar-refractivity contribution in [2.45, 2.75) is 52.0 Å². The number of benzene rings is 1. The van der Waals surface area contributed by atoms with Gasteiger partial charge >= 0.3 is 5.97 Å². The van der Waals surface area contributed by atoms with E-state index in [1.54, 1.807) is 0 Å². The average molecular weight is 322 g/mol. The standard InChI is InChI=1S/C17H26N2O4/c1-3-4-5-6-7-14(2)18-12-13-23-17(20)15-8-10-16(11-9-15)19(21)22/h8-11,14,18H,3-7,12-13H2,1-2H3/t14-/m1/s1. The van der Waals surface area contributed by atoms with Crippen LogP contribution in [0.15, 0.2) is 24.3 Å². The number of nitro benzene ring substituents is 1. The molecule has 23 heavy (non-hydrogen) atoms. The molecule has 0 aliphatic carbocycles. The fourth-order valence-corrected chi connectivity index (χ4v) is 2.23. The molecule has 0 spiro atoms. The van der Waals surface area contributed by atoms with Crippen molar-refractivity contribution in [1.29, 1.82) is 0 Å². The minimum atomic E-state index is -0.499. The zero-order valence-electron chi connectivity index (χ0n) is 13.9. The molecule has 0 bridgehead atoms. The molecule has 1 N–H and O–H groups in total. The Morgan fingerprint density at radius 3 is 2.57 bits per heavy atom. The molecule has 0 radical (unpaired) electrons. The van der Waals surface area contributed by atoms with Crippen molar-refractivity contribution >= 4 is 11.7 Å². The smallest absolute Gasteiger partial charge is 0.338 e. The lowest BCUT2D eigenvalue weighted by atomic mass is 10.1. The first kappa shape index (κ1) is 19.1. The maximum absolute atomic E-state index is 11.8. The molecule has 0 fully saturated rings. The maximum atomic E-state index is 11.8. The van der Waals surface area contributed by atoms with E-state index in [-0.39, 0.29) is 12.3 Å². The summed E-state index contributed by atoms with van der Waals surface area (Å²) in [6, 6.07) is 5.82. The molecule has 0 aromatic heterocycles. The van der Waals surface area contributed by atoms with E-state index in [2.05, 4.69) is 19.2 Å². The Bertz CT molecular complexity index is 488. The van der Waals surface area contributed by atoms with Crippen LogP contribution in [-0.4, -0.2) is 30.1 Å². The first-order valence-corrected chi connectivity index (χ1v) is 8.19. The Hall–Kier alpha value is -1.95. The number of nitro groups is 1. The molecule has 1 atom stereocenters. The SMILES string of the molecule is CCCCCC[C@@H](C)NCCOC(=O)c1ccc([N+](=O)[O-])cc1. The Morgan fingerprint density at radius 2 is 1.96 bits per heavy atom. The monoisotopic (exact) mass is 322 g/mol. The lowest BCUT2D eigenvalue weighted by molar-refractivity contribution is -0.384. The summed E-state index contributed by atoms with van der Waals surface area (Å²) in [7, 11) is 0. The predicted molar refractivity (Wildman–Crippen MR) is 89.6 cm³/mol. The van der Waals surface area contributed by atoms with Crippen LogP contribution >= 0.6 is 0 Å². The van der Waals surface area contributed by atoms with Crippen molar-refractivity contribution < 1.29 is 14.5 Å². The van der Waals surface area contributed by atoms with E-state index in [1.165, 1.54) is 49.9 Å². The summed E-state index contributed by atoms with van der Waals surface area (Å²) in [6.45, 7) is 5.22. The van der Waals surface area contributed by atoms with Gasteiger partial charge in [-0.1, -0.05) is 32.6 Å². The molecule has 0 amide bonds. The quantitative estimate of drug-likeness (QED) is 0.291. The highest BCUT2D eigenvalue weighted by atomic mass is 16.6. The van der Waals surface area contributed by atoms with Crippen molar-refractivity contribution in [1.82, 2.24) is 5.32 Å². The van der Waals surface area contributed by atoms with E-state index < -0.39 is 10.9 Å². The van der Waals surface area contributed by atoms with Crippen LogP contribution in [0.5, 0.6) is 0 Å². The van der Waals surface area contributed by atoms with Crippen LogP contribution in [0.1, 0.15) is 56.3 Å². The molecule has 0 aliphatic heterocycles. The lowest BCUT2D eigenvalue weighted by Crippen LogP contribution is -2.30. The Balaban J connectivity index is 2.19. The van der Waals surface area contributed by atoms with Crippen molar-refractivity contribution in [3.8, 4) is 0 Å². The first-order chi connectivity index (χ1) is 11.0. The third kappa shape index (κ3) is 7.74. The molecule has 1 aromatic carbocycles. The Kier molecular flexibility index (Phi) is 8.90. The molecule has 6 nitrogen and oxygen atoms in total. The van der Waals surface area contributed by atoms with Crippen LogP contribution in [0.3, 0.4) is 0 Å². The number of hydrogen-bond donors (Lipinski definition) is 1. The summed E-state index contributed by atoms with van der Waals surface area (Å²) >= 11 is 0. The molecule has 0 saturated carbocycles. The van der Waals surface area contributed by atoms with E-state index in [0.29, 0.717) is 18.2 Å². The largest absolute Gasteiger partial charge is 0.461 e. The molecular formula is C17H26N2O4. The van der Waals surface area contributed by atoms with Crippen LogP contribution in [0.25, 0.3) is 0 Å². The fraction of sp³-hybridized carbons (Fsp3) is 0.588. The number of rotatable bonds is 11. The zero-order chi connectivity index (χ0) is 17.1. The number of esters is 1. The third-order valence-electron chi connectivity index (χ3n) is 3.63. The number of hydrogen-bond acceptors (Lipinski definition) is 5. The highest BCUT2D eigenvalue weighted by molar-refractivity contribution is 5.89. The fourth-order valence-electron chi connectivity index (χ4n) is 2.23. The highest BCUT2D eigenvalue weighted by Crippen LogP contribution is 2.12. The van der Waals surface area contributed by atoms with Crippen LogP contribution in [-0.2, 0) is 4.74 Å². The lowest BCUT2D eigenvalue weighted by Gasteiger charge is -2.13. The first-order valence-electron chi connectivity index (χ1n) is 8.19. The van der Waals surface area contributed by atoms with E-state index in [0.717, 1.165) is 6.42 Å². The number of carbonyl (C=O) groups excluding carboxylic acids is 1. The molecule has 128 valence electrons. The number of carbonyl (C=O) groups is 1. The summed E-state index contributed by atoms with van der Waals surface area (Å²) in [5.74, 6) is -0.461. The summed E-state index contributed by atoms with van der Waals surface area (Å²) in [5.41, 5.74) is 0.281. The van der Waals surface area contributed by atoms with E-state index in [4.69, 9.17) is 4.74 Å². The molecular weight excluding hydrogens is 296 g/mol. The van der Waals surface area contributed by atoms with Crippen LogP contribution in [0, 0.1) is 10.1 Å². The van der Waals surface area contributed by atoms with Gasteiger partial charge in [-0.3, -0.25) is 10.1 Å². The average Bonchev–Trinajstić information content (AvgIpc) is 2.55. The van der Waals surface area contributed by atoms with Crippen LogP contribution < -0.4 is 5.32 Å². The predicted octanol–water partition coefficient (Wildman–Crippen LogP) is 3.70. The highest BCUT2D eigenvalue weighted by Gasteiger charge is 2.10. The minimum Gasteiger partial charge on any atom is -0.461 e. The topological polar surface area (TPSA) is 81.5 Å². The Labute approximate surface area is 137 Å². The summed E-state index contributed by atoms with van der Waals surface area (Å²) in [5, 5.41) is 13.9. The van der Waals surface area contributed by atoms with Crippen molar-refractivity contribution in [3.63, 3.8) is 0 Å². The van der Waals surface area contributed by atoms with Crippen LogP contribution in [0.2, 0.25) is 0 Å². The molecule has 1 aromatic rings. The molecule has 0 heterocycles. The second-order valence-corrected chi connectivity index (χ2v) is 5.64. The summed E-state index contributed by atoms with van der Waals surface area (Å²) in [4.78, 5) is 21.8. The van der Waals surface area contributed by atoms with Crippen molar-refractivity contribution in [2.24, 2.45) is 0 Å². The number of nitrogens with zero attached hydrogens (tertiary/aromatic N) is 1. The van der Waals surface area contributed by atoms with E-state index >= 15 is 0 Å². The maximum Gasteiger partial charge on any atom is 0.338 e. The van der Waals surface area contributed by atoms with Gasteiger partial charge in [-0.05, 0) is 25.5 Å². The van der Waals surface area contributed by atoms with Crippen molar-refractivity contribution in [3.05, 3.63) is 39.9 Å². The Morgan fingerprint density at radius 1 is 1.26 bits per heavy atom. The van der Waals surface area contributed by atoms with Gasteiger partial charge in [-0.15, -0.1) is 0 Å². The molecule has 0 aliphatic rings. The van der Waals surface area contributed by atoms with Gasteiger partial charge in [-0.25, -0.2) is 4.79 Å². The molecule has 6 heteroatoms. The normalized spacial score (nSPS) is 11.9. The number of unbranched alkanes of at least 4 members (excludes halogenated alkanes) is 3. The summed E-state index contributed by atoms with van der Waals surface area (Å²) < 4.78 is 5.15. The van der Waals surface area contributed by atoms with E-state index in [1.807, 2.05) is 0 Å². The van der Waals surface area contributed by atoms with Gasteiger partial charge < -0.3 is 10.1 Å². The van der Waals surface area contributed by atoms with Gasteiger partial charge in [0.1, 0.15) is 6.61 Å². The van der Waals surface area contributed by atoms with Gasteiger partial charge in [0.25, 0.3) is 5.69 Å². The van der Waals surface area contributed by atoms with Gasteiger partial charge in [0.05, 0.1) is 10.5 Å². The third-order valence-corrected chi connectivity index (χ3v) is 3.63. The minimum absolute atomic E-state index is 0.0416. The molecule has 0 saturated heterocycles. The summed E-state index contributed by atoms with van der Waals surface area (Å²) in [6.07, 6.45) is 6.11. The van der Waals surface area contributed by atoms with Gasteiger partial charge in [0.15, 0.2) is 0 Å². The van der Waals surface area contributed by atoms with Gasteiger partial charge in [0, 0.05) is 24.7 Å². The van der Waals surface area contributed by atoms with Crippen LogP contribution in [0.4, 0.5) is 5.69 Å². The second kappa shape index (κ2) is 10.7. The van der Waals surface area contributed by atoms with Gasteiger partial charge in [0.2, 0.25) is 0 Å². The number of ether oxygens (including phenoxy) is 1. The molecule has 0 unspecified atom stereocenters. The molecule has 1 rings (SSSR count).